The molecule has 1 amide bonds. The molecule has 1 aliphatic rings. The van der Waals surface area contributed by atoms with Gasteiger partial charge in [-0.05, 0) is 43.5 Å². The van der Waals surface area contributed by atoms with Crippen LogP contribution in [0.2, 0.25) is 5.02 Å². The van der Waals surface area contributed by atoms with Crippen LogP contribution in [0.4, 0.5) is 5.69 Å². The van der Waals surface area contributed by atoms with Crippen LogP contribution in [0.15, 0.2) is 24.3 Å². The van der Waals surface area contributed by atoms with Crippen LogP contribution >= 0.6 is 11.6 Å². The molecule has 2 N–H and O–H groups in total. The average Bonchev–Trinajstić information content (AvgIpc) is 2.83. The summed E-state index contributed by atoms with van der Waals surface area (Å²) in [5.74, 6) is -0.455. The lowest BCUT2D eigenvalue weighted by molar-refractivity contribution is -0.137. The Labute approximate surface area is 128 Å². The second-order valence-corrected chi connectivity index (χ2v) is 5.82. The van der Waals surface area contributed by atoms with Crippen LogP contribution in [0.5, 0.6) is 0 Å². The third kappa shape index (κ3) is 5.36. The lowest BCUT2D eigenvalue weighted by Gasteiger charge is -2.15. The summed E-state index contributed by atoms with van der Waals surface area (Å²) in [4.78, 5) is 24.6. The Balaban J connectivity index is 1.75. The van der Waals surface area contributed by atoms with Crippen LogP contribution in [0.3, 0.4) is 0 Å². The molecule has 114 valence electrons. The van der Waals surface area contributed by atoms with E-state index in [4.69, 9.17) is 16.7 Å². The number of hydrogen-bond acceptors (Lipinski definition) is 3. The van der Waals surface area contributed by atoms with E-state index in [1.165, 1.54) is 0 Å². The number of amides is 1. The summed E-state index contributed by atoms with van der Waals surface area (Å²) in [6.45, 7) is 1.96. The highest BCUT2D eigenvalue weighted by Gasteiger charge is 2.24. The van der Waals surface area contributed by atoms with Gasteiger partial charge in [-0.25, -0.2) is 0 Å². The summed E-state index contributed by atoms with van der Waals surface area (Å²) in [7, 11) is 0. The third-order valence-corrected chi connectivity index (χ3v) is 3.85. The number of nitrogens with zero attached hydrogens (tertiary/aromatic N) is 1. The number of benzene rings is 1. The molecular formula is C15H19ClN2O3. The molecule has 1 heterocycles. The van der Waals surface area contributed by atoms with Crippen LogP contribution in [0, 0.1) is 5.92 Å². The number of anilines is 1. The van der Waals surface area contributed by atoms with E-state index in [1.54, 1.807) is 24.3 Å². The van der Waals surface area contributed by atoms with Crippen molar-refractivity contribution >= 4 is 29.2 Å². The van der Waals surface area contributed by atoms with Crippen molar-refractivity contribution in [1.82, 2.24) is 4.90 Å². The monoisotopic (exact) mass is 310 g/mol. The fourth-order valence-electron chi connectivity index (χ4n) is 2.59. The maximum Gasteiger partial charge on any atom is 0.303 e. The molecule has 0 bridgehead atoms. The van der Waals surface area contributed by atoms with Gasteiger partial charge in [-0.3, -0.25) is 14.5 Å². The largest absolute Gasteiger partial charge is 0.481 e. The van der Waals surface area contributed by atoms with Gasteiger partial charge in [0.15, 0.2) is 0 Å². The molecule has 5 nitrogen and oxygen atoms in total. The smallest absolute Gasteiger partial charge is 0.303 e. The van der Waals surface area contributed by atoms with Crippen molar-refractivity contribution in [2.45, 2.75) is 19.3 Å². The average molecular weight is 311 g/mol. The molecule has 1 fully saturated rings. The summed E-state index contributed by atoms with van der Waals surface area (Å²) in [6, 6.07) is 7.04. The number of halogens is 1. The second-order valence-electron chi connectivity index (χ2n) is 5.38. The number of carboxylic acids is 1. The van der Waals surface area contributed by atoms with E-state index < -0.39 is 5.97 Å². The second kappa shape index (κ2) is 7.43. The number of carboxylic acid groups (broad SMARTS) is 1. The molecular weight excluding hydrogens is 292 g/mol. The van der Waals surface area contributed by atoms with Crippen molar-refractivity contribution in [3.8, 4) is 0 Å². The minimum Gasteiger partial charge on any atom is -0.481 e. The van der Waals surface area contributed by atoms with Crippen molar-refractivity contribution in [2.75, 3.05) is 25.0 Å². The molecule has 1 aliphatic heterocycles. The highest BCUT2D eigenvalue weighted by Crippen LogP contribution is 2.21. The maximum absolute atomic E-state index is 12.0. The summed E-state index contributed by atoms with van der Waals surface area (Å²) in [6.07, 6.45) is 1.84. The highest BCUT2D eigenvalue weighted by atomic mass is 35.5. The molecule has 0 aliphatic carbocycles. The number of rotatable bonds is 6. The van der Waals surface area contributed by atoms with Crippen LogP contribution in [0.25, 0.3) is 0 Å². The molecule has 1 unspecified atom stereocenters. The van der Waals surface area contributed by atoms with E-state index in [9.17, 15) is 9.59 Å². The van der Waals surface area contributed by atoms with E-state index in [0.29, 0.717) is 29.6 Å². The fourth-order valence-corrected chi connectivity index (χ4v) is 2.78. The minimum atomic E-state index is -0.757. The zero-order valence-electron chi connectivity index (χ0n) is 11.7. The predicted molar refractivity (Wildman–Crippen MR) is 81.5 cm³/mol. The maximum atomic E-state index is 12.0. The van der Waals surface area contributed by atoms with Crippen molar-refractivity contribution in [3.05, 3.63) is 29.3 Å². The molecule has 0 aromatic heterocycles. The van der Waals surface area contributed by atoms with E-state index >= 15 is 0 Å². The summed E-state index contributed by atoms with van der Waals surface area (Å²) in [5, 5.41) is 12.1. The minimum absolute atomic E-state index is 0.0730. The lowest BCUT2D eigenvalue weighted by Crippen LogP contribution is -2.31. The first-order valence-electron chi connectivity index (χ1n) is 7.02. The van der Waals surface area contributed by atoms with Gasteiger partial charge in [0.25, 0.3) is 0 Å². The van der Waals surface area contributed by atoms with E-state index in [0.717, 1.165) is 19.5 Å². The Morgan fingerprint density at radius 2 is 2.24 bits per heavy atom. The molecule has 1 saturated heterocycles. The Kier molecular flexibility index (Phi) is 5.59. The number of nitrogens with one attached hydrogen (secondary N) is 1. The predicted octanol–water partition coefficient (Wildman–Crippen LogP) is 2.47. The van der Waals surface area contributed by atoms with E-state index in [-0.39, 0.29) is 12.3 Å². The molecule has 1 aromatic rings. The number of aliphatic carboxylic acids is 1. The van der Waals surface area contributed by atoms with Crippen LogP contribution < -0.4 is 5.32 Å². The van der Waals surface area contributed by atoms with E-state index in [2.05, 4.69) is 10.2 Å². The normalized spacial score (nSPS) is 18.6. The molecule has 1 aromatic carbocycles. The van der Waals surface area contributed by atoms with Gasteiger partial charge in [0.05, 0.1) is 6.54 Å². The van der Waals surface area contributed by atoms with Crippen molar-refractivity contribution < 1.29 is 14.7 Å². The first-order chi connectivity index (χ1) is 10.0. The molecule has 21 heavy (non-hydrogen) atoms. The summed E-state index contributed by atoms with van der Waals surface area (Å²) < 4.78 is 0. The number of hydrogen-bond donors (Lipinski definition) is 2. The van der Waals surface area contributed by atoms with Crippen LogP contribution in [0.1, 0.15) is 19.3 Å². The molecule has 6 heteroatoms. The van der Waals surface area contributed by atoms with Crippen molar-refractivity contribution in [2.24, 2.45) is 5.92 Å². The van der Waals surface area contributed by atoms with Gasteiger partial charge in [-0.2, -0.15) is 0 Å². The number of carbonyl (C=O) groups is 2. The zero-order valence-corrected chi connectivity index (χ0v) is 12.5. The van der Waals surface area contributed by atoms with Gasteiger partial charge in [0, 0.05) is 23.7 Å². The Morgan fingerprint density at radius 3 is 2.95 bits per heavy atom. The van der Waals surface area contributed by atoms with Crippen molar-refractivity contribution in [3.63, 3.8) is 0 Å². The molecule has 0 saturated carbocycles. The first kappa shape index (κ1) is 15.8. The van der Waals surface area contributed by atoms with Gasteiger partial charge < -0.3 is 10.4 Å². The number of carbonyl (C=O) groups excluding carboxylic acids is 1. The van der Waals surface area contributed by atoms with Gasteiger partial charge in [0.1, 0.15) is 0 Å². The topological polar surface area (TPSA) is 69.6 Å². The molecule has 2 rings (SSSR count). The quantitative estimate of drug-likeness (QED) is 0.847. The Hall–Kier alpha value is -1.59. The van der Waals surface area contributed by atoms with Crippen LogP contribution in [-0.2, 0) is 9.59 Å². The highest BCUT2D eigenvalue weighted by molar-refractivity contribution is 6.30. The van der Waals surface area contributed by atoms with Gasteiger partial charge in [-0.1, -0.05) is 17.7 Å². The fraction of sp³-hybridized carbons (Fsp3) is 0.467. The molecule has 0 spiro atoms. The number of likely N-dealkylation sites (tertiary alicyclic amines) is 1. The molecule has 1 atom stereocenters. The van der Waals surface area contributed by atoms with Crippen molar-refractivity contribution in [1.29, 1.82) is 0 Å². The van der Waals surface area contributed by atoms with Gasteiger partial charge >= 0.3 is 5.97 Å². The lowest BCUT2D eigenvalue weighted by atomic mass is 10.0. The third-order valence-electron chi connectivity index (χ3n) is 3.61. The Morgan fingerprint density at radius 1 is 1.43 bits per heavy atom. The first-order valence-corrected chi connectivity index (χ1v) is 7.40. The van der Waals surface area contributed by atoms with E-state index in [1.807, 2.05) is 0 Å². The van der Waals surface area contributed by atoms with Gasteiger partial charge in [-0.15, -0.1) is 0 Å². The van der Waals surface area contributed by atoms with Gasteiger partial charge in [0.2, 0.25) is 5.91 Å². The summed E-state index contributed by atoms with van der Waals surface area (Å²) >= 11 is 5.87. The van der Waals surface area contributed by atoms with Crippen LogP contribution in [-0.4, -0.2) is 41.5 Å². The molecule has 0 radical (unpaired) electrons. The summed E-state index contributed by atoms with van der Waals surface area (Å²) in [5.41, 5.74) is 0.689. The standard InChI is InChI=1S/C15H19ClN2O3/c16-12-2-1-3-13(8-12)17-14(19)10-18-7-6-11(9-18)4-5-15(20)21/h1-3,8,11H,4-7,9-10H2,(H,17,19)(H,20,21). The SMILES string of the molecule is O=C(O)CCC1CCN(CC(=O)Nc2cccc(Cl)c2)C1. The zero-order chi connectivity index (χ0) is 15.2. The Bertz CT molecular complexity index is 521.